The van der Waals surface area contributed by atoms with Crippen molar-refractivity contribution in [3.05, 3.63) is 29.8 Å². The van der Waals surface area contributed by atoms with E-state index in [1.807, 2.05) is 12.1 Å². The highest BCUT2D eigenvalue weighted by molar-refractivity contribution is 7.99. The molecular weight excluding hydrogens is 292 g/mol. The van der Waals surface area contributed by atoms with E-state index in [0.29, 0.717) is 0 Å². The lowest BCUT2D eigenvalue weighted by Gasteiger charge is -2.11. The van der Waals surface area contributed by atoms with Gasteiger partial charge in [0.15, 0.2) is 0 Å². The summed E-state index contributed by atoms with van der Waals surface area (Å²) in [6, 6.07) is 8.18. The van der Waals surface area contributed by atoms with E-state index in [1.54, 1.807) is 11.8 Å². The molecule has 0 bridgehead atoms. The molecule has 1 aromatic carbocycles. The molecule has 0 aromatic heterocycles. The van der Waals surface area contributed by atoms with Crippen LogP contribution < -0.4 is 10.6 Å². The molecule has 5 heteroatoms. The van der Waals surface area contributed by atoms with Crippen LogP contribution in [0, 0.1) is 0 Å². The van der Waals surface area contributed by atoms with Crippen LogP contribution in [-0.4, -0.2) is 23.6 Å². The SMILES string of the molecule is CCCCCc1ccc(NC(=O)C2CSCN2)cc1.Cl. The minimum atomic E-state index is -0.0470. The van der Waals surface area contributed by atoms with Gasteiger partial charge in [0.25, 0.3) is 0 Å². The van der Waals surface area contributed by atoms with Gasteiger partial charge in [-0.15, -0.1) is 24.2 Å². The van der Waals surface area contributed by atoms with Crippen molar-refractivity contribution in [2.75, 3.05) is 16.9 Å². The number of anilines is 1. The molecule has 0 radical (unpaired) electrons. The van der Waals surface area contributed by atoms with Crippen molar-refractivity contribution in [3.63, 3.8) is 0 Å². The molecule has 1 unspecified atom stereocenters. The molecule has 1 aromatic rings. The number of amides is 1. The van der Waals surface area contributed by atoms with Crippen molar-refractivity contribution in [3.8, 4) is 0 Å². The van der Waals surface area contributed by atoms with E-state index in [2.05, 4.69) is 29.7 Å². The number of hydrogen-bond acceptors (Lipinski definition) is 3. The van der Waals surface area contributed by atoms with Crippen molar-refractivity contribution in [1.82, 2.24) is 5.32 Å². The number of nitrogens with one attached hydrogen (secondary N) is 2. The van der Waals surface area contributed by atoms with E-state index in [1.165, 1.54) is 24.8 Å². The zero-order valence-corrected chi connectivity index (χ0v) is 13.5. The van der Waals surface area contributed by atoms with E-state index in [0.717, 1.165) is 23.7 Å². The molecule has 0 aliphatic carbocycles. The molecule has 1 fully saturated rings. The van der Waals surface area contributed by atoms with E-state index >= 15 is 0 Å². The Bertz CT molecular complexity index is 405. The Morgan fingerprint density at radius 2 is 2.10 bits per heavy atom. The van der Waals surface area contributed by atoms with E-state index in [9.17, 15) is 4.79 Å². The first kappa shape index (κ1) is 17.3. The Morgan fingerprint density at radius 3 is 2.70 bits per heavy atom. The van der Waals surface area contributed by atoms with Crippen LogP contribution in [0.25, 0.3) is 0 Å². The van der Waals surface area contributed by atoms with Crippen LogP contribution in [0.1, 0.15) is 31.7 Å². The summed E-state index contributed by atoms with van der Waals surface area (Å²) in [5.41, 5.74) is 2.24. The fraction of sp³-hybridized carbons (Fsp3) is 0.533. The summed E-state index contributed by atoms with van der Waals surface area (Å²) in [5, 5.41) is 6.14. The van der Waals surface area contributed by atoms with E-state index in [4.69, 9.17) is 0 Å². The molecule has 0 saturated carbocycles. The van der Waals surface area contributed by atoms with Gasteiger partial charge < -0.3 is 5.32 Å². The van der Waals surface area contributed by atoms with Crippen LogP contribution in [0.2, 0.25) is 0 Å². The number of hydrogen-bond donors (Lipinski definition) is 2. The molecule has 0 spiro atoms. The predicted molar refractivity (Wildman–Crippen MR) is 89.8 cm³/mol. The highest BCUT2D eigenvalue weighted by atomic mass is 35.5. The van der Waals surface area contributed by atoms with Gasteiger partial charge in [0.1, 0.15) is 0 Å². The number of benzene rings is 1. The lowest BCUT2D eigenvalue weighted by atomic mass is 10.1. The van der Waals surface area contributed by atoms with Crippen LogP contribution in [0.4, 0.5) is 5.69 Å². The van der Waals surface area contributed by atoms with Gasteiger partial charge in [0.05, 0.1) is 6.04 Å². The van der Waals surface area contributed by atoms with Crippen LogP contribution >= 0.6 is 24.2 Å². The van der Waals surface area contributed by atoms with Gasteiger partial charge in [-0.1, -0.05) is 31.9 Å². The Labute approximate surface area is 131 Å². The maximum Gasteiger partial charge on any atom is 0.242 e. The van der Waals surface area contributed by atoms with Crippen molar-refractivity contribution < 1.29 is 4.79 Å². The van der Waals surface area contributed by atoms with Gasteiger partial charge in [-0.2, -0.15) is 0 Å². The van der Waals surface area contributed by atoms with E-state index in [-0.39, 0.29) is 24.4 Å². The molecule has 1 amide bonds. The van der Waals surface area contributed by atoms with Crippen molar-refractivity contribution in [2.24, 2.45) is 0 Å². The highest BCUT2D eigenvalue weighted by Crippen LogP contribution is 2.15. The van der Waals surface area contributed by atoms with Gasteiger partial charge in [-0.25, -0.2) is 0 Å². The Balaban J connectivity index is 0.00000200. The average Bonchev–Trinajstić information content (AvgIpc) is 2.95. The number of carbonyl (C=O) groups is 1. The minimum Gasteiger partial charge on any atom is -0.325 e. The molecule has 112 valence electrons. The fourth-order valence-electron chi connectivity index (χ4n) is 2.13. The third-order valence-corrected chi connectivity index (χ3v) is 4.26. The molecule has 2 N–H and O–H groups in total. The Hall–Kier alpha value is -0.710. The number of rotatable bonds is 6. The summed E-state index contributed by atoms with van der Waals surface area (Å²) in [7, 11) is 0. The second-order valence-electron chi connectivity index (χ2n) is 4.92. The van der Waals surface area contributed by atoms with Crippen LogP contribution in [-0.2, 0) is 11.2 Å². The molecule has 1 saturated heterocycles. The zero-order valence-electron chi connectivity index (χ0n) is 11.9. The highest BCUT2D eigenvalue weighted by Gasteiger charge is 2.22. The van der Waals surface area contributed by atoms with Gasteiger partial charge in [0, 0.05) is 17.3 Å². The Morgan fingerprint density at radius 1 is 1.35 bits per heavy atom. The fourth-order valence-corrected chi connectivity index (χ4v) is 3.07. The number of halogens is 1. The molecule has 1 atom stereocenters. The standard InChI is InChI=1S/C15H22N2OS.ClH/c1-2-3-4-5-12-6-8-13(9-7-12)17-15(18)14-10-19-11-16-14;/h6-9,14,16H,2-5,10-11H2,1H3,(H,17,18);1H. The third-order valence-electron chi connectivity index (χ3n) is 3.32. The lowest BCUT2D eigenvalue weighted by molar-refractivity contribution is -0.117. The number of unbranched alkanes of at least 4 members (excludes halogenated alkanes) is 2. The molecule has 2 rings (SSSR count). The molecular formula is C15H23ClN2OS. The number of thioether (sulfide) groups is 1. The predicted octanol–water partition coefficient (Wildman–Crippen LogP) is 3.44. The topological polar surface area (TPSA) is 41.1 Å². The smallest absolute Gasteiger partial charge is 0.242 e. The van der Waals surface area contributed by atoms with Gasteiger partial charge in [-0.3, -0.25) is 10.1 Å². The van der Waals surface area contributed by atoms with Gasteiger partial charge in [-0.05, 0) is 30.5 Å². The lowest BCUT2D eigenvalue weighted by Crippen LogP contribution is -2.37. The summed E-state index contributed by atoms with van der Waals surface area (Å²) >= 11 is 1.76. The second-order valence-corrected chi connectivity index (χ2v) is 5.95. The maximum absolute atomic E-state index is 11.9. The molecule has 1 heterocycles. The summed E-state index contributed by atoms with van der Waals surface area (Å²) in [6.07, 6.45) is 4.90. The molecule has 1 aliphatic heterocycles. The van der Waals surface area contributed by atoms with Crippen LogP contribution in [0.3, 0.4) is 0 Å². The van der Waals surface area contributed by atoms with E-state index < -0.39 is 0 Å². The first-order chi connectivity index (χ1) is 9.29. The van der Waals surface area contributed by atoms with Crippen LogP contribution in [0.15, 0.2) is 24.3 Å². The van der Waals surface area contributed by atoms with Crippen molar-refractivity contribution in [2.45, 2.75) is 38.6 Å². The van der Waals surface area contributed by atoms with Crippen LogP contribution in [0.5, 0.6) is 0 Å². The first-order valence-corrected chi connectivity index (χ1v) is 8.16. The molecule has 3 nitrogen and oxygen atoms in total. The second kappa shape index (κ2) is 9.27. The number of aryl methyl sites for hydroxylation is 1. The average molecular weight is 315 g/mol. The molecule has 20 heavy (non-hydrogen) atoms. The van der Waals surface area contributed by atoms with Crippen molar-refractivity contribution in [1.29, 1.82) is 0 Å². The minimum absolute atomic E-state index is 0. The number of carbonyl (C=O) groups excluding carboxylic acids is 1. The quantitative estimate of drug-likeness (QED) is 0.790. The summed E-state index contributed by atoms with van der Waals surface area (Å²) in [6.45, 7) is 2.22. The summed E-state index contributed by atoms with van der Waals surface area (Å²) < 4.78 is 0. The zero-order chi connectivity index (χ0) is 13.5. The largest absolute Gasteiger partial charge is 0.325 e. The summed E-state index contributed by atoms with van der Waals surface area (Å²) in [5.74, 6) is 1.80. The van der Waals surface area contributed by atoms with Gasteiger partial charge >= 0.3 is 0 Å². The van der Waals surface area contributed by atoms with Gasteiger partial charge in [0.2, 0.25) is 5.91 Å². The summed E-state index contributed by atoms with van der Waals surface area (Å²) in [4.78, 5) is 11.9. The maximum atomic E-state index is 11.9. The first-order valence-electron chi connectivity index (χ1n) is 7.00. The monoisotopic (exact) mass is 314 g/mol. The Kier molecular flexibility index (Phi) is 8.04. The molecule has 1 aliphatic rings. The normalized spacial score (nSPS) is 17.6. The van der Waals surface area contributed by atoms with Crippen molar-refractivity contribution >= 4 is 35.8 Å². The third kappa shape index (κ3) is 5.35.